The minimum atomic E-state index is 0.0938. The molecule has 1 saturated heterocycles. The summed E-state index contributed by atoms with van der Waals surface area (Å²) < 4.78 is 2.01. The molecule has 3 heterocycles. The Balaban J connectivity index is 1.20. The summed E-state index contributed by atoms with van der Waals surface area (Å²) in [5.41, 5.74) is 3.35. The topological polar surface area (TPSA) is 77.8 Å². The summed E-state index contributed by atoms with van der Waals surface area (Å²) in [5.74, 6) is 1.01. The molecular weight excluding hydrogens is 458 g/mol. The Kier molecular flexibility index (Phi) is 6.26. The molecule has 6 rings (SSSR count). The quantitative estimate of drug-likeness (QED) is 0.529. The van der Waals surface area contributed by atoms with E-state index in [2.05, 4.69) is 46.7 Å². The summed E-state index contributed by atoms with van der Waals surface area (Å²) in [4.78, 5) is 22.9. The molecule has 1 aromatic carbocycles. The lowest BCUT2D eigenvalue weighted by Crippen LogP contribution is -2.53. The number of fused-ring (bicyclic) bond motifs is 1. The molecule has 2 aromatic heterocycles. The number of amides is 2. The van der Waals surface area contributed by atoms with Gasteiger partial charge in [-0.2, -0.15) is 4.52 Å². The minimum absolute atomic E-state index is 0.0938. The average Bonchev–Trinajstić information content (AvgIpc) is 3.67. The number of aryl methyl sites for hydroxylation is 1. The van der Waals surface area contributed by atoms with E-state index in [9.17, 15) is 4.79 Å². The number of aromatic nitrogens is 3. The summed E-state index contributed by atoms with van der Waals surface area (Å²) in [6.07, 6.45) is 9.65. The molecule has 2 amide bonds. The number of benzene rings is 1. The van der Waals surface area contributed by atoms with Crippen molar-refractivity contribution in [2.45, 2.75) is 70.4 Å². The van der Waals surface area contributed by atoms with Crippen LogP contribution in [0.1, 0.15) is 56.9 Å². The minimum Gasteiger partial charge on any atom is -0.365 e. The second-order valence-corrected chi connectivity index (χ2v) is 11.2. The van der Waals surface area contributed by atoms with Crippen LogP contribution in [0.2, 0.25) is 0 Å². The van der Waals surface area contributed by atoms with Crippen LogP contribution >= 0.6 is 11.3 Å². The molecule has 0 bridgehead atoms. The molecule has 0 spiro atoms. The van der Waals surface area contributed by atoms with Crippen molar-refractivity contribution in [1.29, 1.82) is 0 Å². The van der Waals surface area contributed by atoms with E-state index in [-0.39, 0.29) is 6.03 Å². The number of imidazole rings is 1. The molecule has 9 heteroatoms. The van der Waals surface area contributed by atoms with Gasteiger partial charge in [0.2, 0.25) is 10.1 Å². The van der Waals surface area contributed by atoms with Crippen LogP contribution in [-0.2, 0) is 0 Å². The first kappa shape index (κ1) is 22.6. The number of nitrogens with zero attached hydrogens (tertiary/aromatic N) is 5. The van der Waals surface area contributed by atoms with E-state index in [1.807, 2.05) is 9.42 Å². The van der Waals surface area contributed by atoms with Crippen molar-refractivity contribution >= 4 is 33.3 Å². The monoisotopic (exact) mass is 493 g/mol. The number of rotatable bonds is 5. The Bertz CT molecular complexity index is 1170. The Hall–Kier alpha value is -2.81. The van der Waals surface area contributed by atoms with Gasteiger partial charge in [0.15, 0.2) is 5.82 Å². The van der Waals surface area contributed by atoms with Gasteiger partial charge in [-0.25, -0.2) is 9.78 Å². The van der Waals surface area contributed by atoms with E-state index < -0.39 is 0 Å². The highest BCUT2D eigenvalue weighted by Gasteiger charge is 2.28. The van der Waals surface area contributed by atoms with E-state index in [0.29, 0.717) is 12.1 Å². The molecule has 35 heavy (non-hydrogen) atoms. The number of carbonyl (C=O) groups is 1. The van der Waals surface area contributed by atoms with E-state index in [0.717, 1.165) is 66.2 Å². The molecule has 3 aromatic rings. The first-order chi connectivity index (χ1) is 17.1. The summed E-state index contributed by atoms with van der Waals surface area (Å²) in [6, 6.07) is 9.52. The van der Waals surface area contributed by atoms with Crippen LogP contribution in [0.3, 0.4) is 0 Å². The predicted molar refractivity (Wildman–Crippen MR) is 141 cm³/mol. The lowest BCUT2D eigenvalue weighted by atomic mass is 10.1. The number of carbonyl (C=O) groups excluding carboxylic acids is 1. The number of anilines is 2. The highest BCUT2D eigenvalue weighted by atomic mass is 32.1. The highest BCUT2D eigenvalue weighted by Crippen LogP contribution is 2.35. The Morgan fingerprint density at radius 2 is 1.60 bits per heavy atom. The van der Waals surface area contributed by atoms with Gasteiger partial charge < -0.3 is 20.4 Å². The van der Waals surface area contributed by atoms with Crippen molar-refractivity contribution in [2.24, 2.45) is 0 Å². The molecule has 3 fully saturated rings. The second kappa shape index (κ2) is 9.68. The van der Waals surface area contributed by atoms with E-state index >= 15 is 0 Å². The molecule has 2 aliphatic carbocycles. The molecule has 2 saturated carbocycles. The zero-order valence-corrected chi connectivity index (χ0v) is 21.3. The third-order valence-electron chi connectivity index (χ3n) is 7.73. The van der Waals surface area contributed by atoms with Crippen LogP contribution in [0.15, 0.2) is 24.3 Å². The van der Waals surface area contributed by atoms with Crippen molar-refractivity contribution in [3.63, 3.8) is 0 Å². The van der Waals surface area contributed by atoms with Crippen LogP contribution < -0.4 is 15.5 Å². The third-order valence-corrected chi connectivity index (χ3v) is 8.70. The highest BCUT2D eigenvalue weighted by molar-refractivity contribution is 7.20. The van der Waals surface area contributed by atoms with Gasteiger partial charge in [0.25, 0.3) is 0 Å². The molecule has 186 valence electrons. The van der Waals surface area contributed by atoms with E-state index in [1.54, 1.807) is 11.3 Å². The summed E-state index contributed by atoms with van der Waals surface area (Å²) >= 11 is 1.64. The standard InChI is InChI=1S/C26H35N7OS/c1-18-10-12-19(13-11-18)22-23(27-20-6-2-3-7-20)33-25(29-22)35-26(30-33)32-16-14-31(15-17-32)24(34)28-21-8-4-5-9-21/h10-13,20-21,27H,2-9,14-17H2,1H3,(H,28,34). The van der Waals surface area contributed by atoms with Gasteiger partial charge >= 0.3 is 6.03 Å². The number of hydrogen-bond donors (Lipinski definition) is 2. The first-order valence-corrected chi connectivity index (χ1v) is 14.0. The smallest absolute Gasteiger partial charge is 0.317 e. The van der Waals surface area contributed by atoms with Crippen LogP contribution in [-0.4, -0.2) is 63.8 Å². The van der Waals surface area contributed by atoms with Gasteiger partial charge in [0.05, 0.1) is 0 Å². The van der Waals surface area contributed by atoms with Crippen LogP contribution in [0.5, 0.6) is 0 Å². The Morgan fingerprint density at radius 1 is 0.943 bits per heavy atom. The molecule has 0 unspecified atom stereocenters. The van der Waals surface area contributed by atoms with Gasteiger partial charge in [0, 0.05) is 43.8 Å². The normalized spacial score (nSPS) is 19.7. The maximum atomic E-state index is 12.7. The van der Waals surface area contributed by atoms with Crippen molar-refractivity contribution in [3.8, 4) is 11.3 Å². The molecule has 3 aliphatic rings. The summed E-state index contributed by atoms with van der Waals surface area (Å²) in [7, 11) is 0. The van der Waals surface area contributed by atoms with Gasteiger partial charge in [-0.3, -0.25) is 0 Å². The summed E-state index contributed by atoms with van der Waals surface area (Å²) in [5, 5.41) is 13.0. The zero-order chi connectivity index (χ0) is 23.8. The molecule has 1 aliphatic heterocycles. The van der Waals surface area contributed by atoms with Crippen LogP contribution in [0.25, 0.3) is 16.2 Å². The number of piperazine rings is 1. The molecular formula is C26H35N7OS. The van der Waals surface area contributed by atoms with E-state index in [4.69, 9.17) is 10.1 Å². The average molecular weight is 494 g/mol. The fraction of sp³-hybridized carbons (Fsp3) is 0.577. The van der Waals surface area contributed by atoms with Crippen molar-refractivity contribution in [3.05, 3.63) is 29.8 Å². The van der Waals surface area contributed by atoms with Gasteiger partial charge in [0.1, 0.15) is 5.69 Å². The second-order valence-electron chi connectivity index (χ2n) is 10.3. The molecule has 2 N–H and O–H groups in total. The van der Waals surface area contributed by atoms with Gasteiger partial charge in [-0.15, -0.1) is 5.10 Å². The first-order valence-electron chi connectivity index (χ1n) is 13.2. The van der Waals surface area contributed by atoms with Crippen molar-refractivity contribution in [2.75, 3.05) is 36.4 Å². The van der Waals surface area contributed by atoms with Crippen molar-refractivity contribution in [1.82, 2.24) is 24.8 Å². The lowest BCUT2D eigenvalue weighted by molar-refractivity contribution is 0.190. The SMILES string of the molecule is Cc1ccc(-c2nc3sc(N4CCN(C(=O)NC5CCCC5)CC4)nn3c2NC2CCCC2)cc1. The Morgan fingerprint density at radius 3 is 2.29 bits per heavy atom. The molecule has 8 nitrogen and oxygen atoms in total. The third kappa shape index (κ3) is 4.70. The van der Waals surface area contributed by atoms with Crippen molar-refractivity contribution < 1.29 is 4.79 Å². The molecule has 0 radical (unpaired) electrons. The maximum absolute atomic E-state index is 12.7. The molecule has 0 atom stereocenters. The number of hydrogen-bond acceptors (Lipinski definition) is 6. The fourth-order valence-electron chi connectivity index (χ4n) is 5.61. The van der Waals surface area contributed by atoms with Crippen LogP contribution in [0, 0.1) is 6.92 Å². The lowest BCUT2D eigenvalue weighted by Gasteiger charge is -2.34. The number of urea groups is 1. The van der Waals surface area contributed by atoms with Gasteiger partial charge in [-0.05, 0) is 32.6 Å². The number of nitrogens with one attached hydrogen (secondary N) is 2. The summed E-state index contributed by atoms with van der Waals surface area (Å²) in [6.45, 7) is 5.15. The van der Waals surface area contributed by atoms with Crippen LogP contribution in [0.4, 0.5) is 15.7 Å². The predicted octanol–water partition coefficient (Wildman–Crippen LogP) is 4.89. The van der Waals surface area contributed by atoms with E-state index in [1.165, 1.54) is 44.1 Å². The Labute approximate surface area is 210 Å². The van der Waals surface area contributed by atoms with Gasteiger partial charge in [-0.1, -0.05) is 66.8 Å². The fourth-order valence-corrected chi connectivity index (χ4v) is 6.56. The largest absolute Gasteiger partial charge is 0.365 e. The maximum Gasteiger partial charge on any atom is 0.317 e. The zero-order valence-electron chi connectivity index (χ0n) is 20.5.